The van der Waals surface area contributed by atoms with Crippen LogP contribution in [0.1, 0.15) is 32.3 Å². The van der Waals surface area contributed by atoms with E-state index in [1.165, 1.54) is 29.2 Å². The number of thioether (sulfide) groups is 1. The summed E-state index contributed by atoms with van der Waals surface area (Å²) in [4.78, 5) is 12.0. The van der Waals surface area contributed by atoms with Gasteiger partial charge >= 0.3 is 0 Å². The van der Waals surface area contributed by atoms with Crippen LogP contribution in [0.3, 0.4) is 0 Å². The minimum atomic E-state index is -0.255. The molecule has 1 heterocycles. The van der Waals surface area contributed by atoms with Gasteiger partial charge in [-0.2, -0.15) is 0 Å². The zero-order valence-corrected chi connectivity index (χ0v) is 16.8. The Hall–Kier alpha value is -2.06. The molecule has 1 aromatic carbocycles. The van der Waals surface area contributed by atoms with Gasteiger partial charge in [0, 0.05) is 6.08 Å². The molecule has 140 valence electrons. The summed E-state index contributed by atoms with van der Waals surface area (Å²) in [5, 5.41) is 11.0. The first-order valence-electron chi connectivity index (χ1n) is 8.42. The molecule has 1 N–H and O–H groups in total. The quantitative estimate of drug-likeness (QED) is 0.277. The molecule has 0 aliphatic rings. The number of ether oxygens (including phenoxy) is 2. The lowest BCUT2D eigenvalue weighted by atomic mass is 10.2. The third kappa shape index (κ3) is 6.34. The fraction of sp³-hybridized carbons (Fsp3) is 0.389. The van der Waals surface area contributed by atoms with Crippen LogP contribution < -0.4 is 14.8 Å². The monoisotopic (exact) mass is 393 g/mol. The molecule has 0 aliphatic carbocycles. The van der Waals surface area contributed by atoms with Crippen molar-refractivity contribution in [3.63, 3.8) is 0 Å². The number of anilines is 1. The molecule has 0 saturated heterocycles. The molecule has 0 radical (unpaired) electrons. The molecule has 8 heteroatoms. The van der Waals surface area contributed by atoms with Crippen molar-refractivity contribution in [3.8, 4) is 11.5 Å². The Morgan fingerprint density at radius 1 is 1.27 bits per heavy atom. The Labute approximate surface area is 162 Å². The molecule has 0 saturated carbocycles. The smallest absolute Gasteiger partial charge is 0.250 e. The van der Waals surface area contributed by atoms with Crippen LogP contribution in [0.2, 0.25) is 0 Å². The number of carbonyl (C=O) groups is 1. The lowest BCUT2D eigenvalue weighted by molar-refractivity contribution is -0.111. The van der Waals surface area contributed by atoms with Gasteiger partial charge in [0.05, 0.1) is 13.2 Å². The van der Waals surface area contributed by atoms with Crippen molar-refractivity contribution >= 4 is 40.2 Å². The minimum absolute atomic E-state index is 0.255. The maximum absolute atomic E-state index is 12.0. The largest absolute Gasteiger partial charge is 0.490 e. The van der Waals surface area contributed by atoms with Crippen LogP contribution >= 0.6 is 23.1 Å². The van der Waals surface area contributed by atoms with Gasteiger partial charge in [0.15, 0.2) is 15.8 Å². The van der Waals surface area contributed by atoms with Gasteiger partial charge in [-0.05, 0) is 43.4 Å². The van der Waals surface area contributed by atoms with E-state index in [2.05, 4.69) is 22.4 Å². The van der Waals surface area contributed by atoms with Crippen LogP contribution in [0.4, 0.5) is 5.13 Å². The molecule has 1 amide bonds. The van der Waals surface area contributed by atoms with Crippen molar-refractivity contribution < 1.29 is 14.3 Å². The summed E-state index contributed by atoms with van der Waals surface area (Å²) in [7, 11) is 0. The standard InChI is InChI=1S/C18H23N3O3S2/c1-4-6-11-24-14-9-7-13(12-15(14)23-5-2)8-10-16(22)19-17-20-21-18(25-3)26-17/h7-10,12H,4-6,11H2,1-3H3,(H,19,20,22)/b10-8+. The number of rotatable bonds is 10. The van der Waals surface area contributed by atoms with E-state index >= 15 is 0 Å². The Morgan fingerprint density at radius 3 is 2.81 bits per heavy atom. The van der Waals surface area contributed by atoms with Crippen molar-refractivity contribution in [3.05, 3.63) is 29.8 Å². The molecule has 0 atom stereocenters. The van der Waals surface area contributed by atoms with E-state index in [-0.39, 0.29) is 5.91 Å². The van der Waals surface area contributed by atoms with E-state index in [1.54, 1.807) is 6.08 Å². The second-order valence-corrected chi connectivity index (χ2v) is 7.27. The topological polar surface area (TPSA) is 73.3 Å². The summed E-state index contributed by atoms with van der Waals surface area (Å²) in [6.45, 7) is 5.26. The Kier molecular flexibility index (Phi) is 8.43. The van der Waals surface area contributed by atoms with Crippen LogP contribution in [-0.4, -0.2) is 35.6 Å². The van der Waals surface area contributed by atoms with Gasteiger partial charge < -0.3 is 9.47 Å². The average molecular weight is 394 g/mol. The van der Waals surface area contributed by atoms with Gasteiger partial charge in [0.2, 0.25) is 11.0 Å². The van der Waals surface area contributed by atoms with Gasteiger partial charge in [-0.1, -0.05) is 42.5 Å². The number of hydrogen-bond acceptors (Lipinski definition) is 7. The van der Waals surface area contributed by atoms with Gasteiger partial charge in [-0.25, -0.2) is 0 Å². The van der Waals surface area contributed by atoms with Crippen molar-refractivity contribution in [2.75, 3.05) is 24.8 Å². The molecule has 0 unspecified atom stereocenters. The van der Waals surface area contributed by atoms with Crippen molar-refractivity contribution in [2.24, 2.45) is 0 Å². The number of carbonyl (C=O) groups excluding carboxylic acids is 1. The fourth-order valence-electron chi connectivity index (χ4n) is 2.00. The SMILES string of the molecule is CCCCOc1ccc(/C=C/C(=O)Nc2nnc(SC)s2)cc1OCC. The molecule has 0 fully saturated rings. The first-order chi connectivity index (χ1) is 12.7. The van der Waals surface area contributed by atoms with E-state index in [1.807, 2.05) is 31.4 Å². The van der Waals surface area contributed by atoms with Crippen LogP contribution in [-0.2, 0) is 4.79 Å². The van der Waals surface area contributed by atoms with E-state index < -0.39 is 0 Å². The summed E-state index contributed by atoms with van der Waals surface area (Å²) >= 11 is 2.83. The maximum Gasteiger partial charge on any atom is 0.250 e. The normalized spacial score (nSPS) is 10.9. The van der Waals surface area contributed by atoms with Gasteiger partial charge in [-0.3, -0.25) is 10.1 Å². The highest BCUT2D eigenvalue weighted by atomic mass is 32.2. The molecule has 0 spiro atoms. The molecular formula is C18H23N3O3S2. The van der Waals surface area contributed by atoms with Crippen LogP contribution in [0, 0.1) is 0 Å². The third-order valence-corrected chi connectivity index (χ3v) is 5.08. The van der Waals surface area contributed by atoms with E-state index in [0.29, 0.717) is 24.1 Å². The van der Waals surface area contributed by atoms with E-state index in [0.717, 1.165) is 28.5 Å². The average Bonchev–Trinajstić information content (AvgIpc) is 3.09. The summed E-state index contributed by atoms with van der Waals surface area (Å²) in [5.74, 6) is 1.15. The third-order valence-electron chi connectivity index (χ3n) is 3.26. The molecule has 0 aliphatic heterocycles. The van der Waals surface area contributed by atoms with E-state index in [9.17, 15) is 4.79 Å². The minimum Gasteiger partial charge on any atom is -0.490 e. The molecule has 0 bridgehead atoms. The highest BCUT2D eigenvalue weighted by molar-refractivity contribution is 8.00. The lowest BCUT2D eigenvalue weighted by Gasteiger charge is -2.12. The highest BCUT2D eigenvalue weighted by Gasteiger charge is 2.07. The van der Waals surface area contributed by atoms with Crippen molar-refractivity contribution in [1.29, 1.82) is 0 Å². The number of nitrogens with one attached hydrogen (secondary N) is 1. The maximum atomic E-state index is 12.0. The second-order valence-electron chi connectivity index (χ2n) is 5.24. The summed E-state index contributed by atoms with van der Waals surface area (Å²) in [5.41, 5.74) is 0.855. The Morgan fingerprint density at radius 2 is 2.12 bits per heavy atom. The highest BCUT2D eigenvalue weighted by Crippen LogP contribution is 2.29. The first kappa shape index (κ1) is 20.3. The second kappa shape index (κ2) is 10.8. The van der Waals surface area contributed by atoms with E-state index in [4.69, 9.17) is 9.47 Å². The number of unbranched alkanes of at least 4 members (excludes halogenated alkanes) is 1. The van der Waals surface area contributed by atoms with Crippen LogP contribution in [0.5, 0.6) is 11.5 Å². The molecule has 26 heavy (non-hydrogen) atoms. The summed E-state index contributed by atoms with van der Waals surface area (Å²) < 4.78 is 12.2. The number of hydrogen-bond donors (Lipinski definition) is 1. The predicted octanol–water partition coefficient (Wildman–Crippen LogP) is 4.49. The fourth-order valence-corrected chi connectivity index (χ4v) is 3.18. The number of benzene rings is 1. The Bertz CT molecular complexity index is 747. The van der Waals surface area contributed by atoms with Gasteiger partial charge in [0.1, 0.15) is 0 Å². The van der Waals surface area contributed by atoms with Gasteiger partial charge in [-0.15, -0.1) is 10.2 Å². The van der Waals surface area contributed by atoms with Gasteiger partial charge in [0.25, 0.3) is 0 Å². The molecule has 6 nitrogen and oxygen atoms in total. The number of aromatic nitrogens is 2. The molecule has 2 aromatic rings. The predicted molar refractivity (Wildman–Crippen MR) is 107 cm³/mol. The summed E-state index contributed by atoms with van der Waals surface area (Å²) in [6, 6.07) is 5.63. The van der Waals surface area contributed by atoms with Crippen LogP contribution in [0.25, 0.3) is 6.08 Å². The molecule has 1 aromatic heterocycles. The molecular weight excluding hydrogens is 370 g/mol. The number of nitrogens with zero attached hydrogens (tertiary/aromatic N) is 2. The lowest BCUT2D eigenvalue weighted by Crippen LogP contribution is -2.07. The van der Waals surface area contributed by atoms with Crippen LogP contribution in [0.15, 0.2) is 28.6 Å². The van der Waals surface area contributed by atoms with Crippen molar-refractivity contribution in [2.45, 2.75) is 31.0 Å². The first-order valence-corrected chi connectivity index (χ1v) is 10.5. The zero-order chi connectivity index (χ0) is 18.8. The number of amides is 1. The summed E-state index contributed by atoms with van der Waals surface area (Å²) in [6.07, 6.45) is 7.18. The Balaban J connectivity index is 2.01. The molecule has 2 rings (SSSR count). The zero-order valence-electron chi connectivity index (χ0n) is 15.2. The van der Waals surface area contributed by atoms with Crippen molar-refractivity contribution in [1.82, 2.24) is 10.2 Å².